The highest BCUT2D eigenvalue weighted by Crippen LogP contribution is 2.40. The standard InChI is InChI=1S/C23H30N4O2/c1-15(2)24-23(29)26-12-16-11-18(14-26)22-20(9-10-21(28)27(22)13-16)17-5-7-19(8-6-17)25(3)4/h5-10,15-16,18H,11-14H2,1-4H3,(H,24,29)/t16-,18+/m0/s1. The molecule has 0 aliphatic carbocycles. The fourth-order valence-electron chi connectivity index (χ4n) is 4.70. The van der Waals surface area contributed by atoms with Gasteiger partial charge >= 0.3 is 6.03 Å². The van der Waals surface area contributed by atoms with Gasteiger partial charge in [-0.25, -0.2) is 4.79 Å². The number of amides is 2. The van der Waals surface area contributed by atoms with E-state index in [0.29, 0.717) is 25.6 Å². The second-order valence-corrected chi connectivity index (χ2v) is 8.83. The van der Waals surface area contributed by atoms with E-state index in [0.717, 1.165) is 28.9 Å². The lowest BCUT2D eigenvalue weighted by Gasteiger charge is -2.43. The fourth-order valence-corrected chi connectivity index (χ4v) is 4.70. The number of urea groups is 1. The maximum absolute atomic E-state index is 12.6. The van der Waals surface area contributed by atoms with Crippen molar-refractivity contribution < 1.29 is 4.79 Å². The molecule has 6 nitrogen and oxygen atoms in total. The maximum Gasteiger partial charge on any atom is 0.317 e. The first kappa shape index (κ1) is 19.6. The zero-order valence-electron chi connectivity index (χ0n) is 17.7. The molecule has 1 saturated heterocycles. The molecule has 2 atom stereocenters. The summed E-state index contributed by atoms with van der Waals surface area (Å²) >= 11 is 0. The first-order valence-electron chi connectivity index (χ1n) is 10.4. The number of rotatable bonds is 3. The summed E-state index contributed by atoms with van der Waals surface area (Å²) < 4.78 is 1.95. The van der Waals surface area contributed by atoms with Crippen molar-refractivity contribution in [3.05, 3.63) is 52.4 Å². The van der Waals surface area contributed by atoms with Crippen LogP contribution in [0.4, 0.5) is 10.5 Å². The molecule has 2 aliphatic heterocycles. The van der Waals surface area contributed by atoms with Crippen LogP contribution in [0.1, 0.15) is 31.9 Å². The van der Waals surface area contributed by atoms with E-state index in [1.54, 1.807) is 6.07 Å². The molecule has 3 heterocycles. The Kier molecular flexibility index (Phi) is 5.11. The molecule has 1 fully saturated rings. The van der Waals surface area contributed by atoms with Crippen LogP contribution in [-0.4, -0.2) is 48.7 Å². The monoisotopic (exact) mass is 394 g/mol. The summed E-state index contributed by atoms with van der Waals surface area (Å²) in [7, 11) is 4.05. The highest BCUT2D eigenvalue weighted by atomic mass is 16.2. The summed E-state index contributed by atoms with van der Waals surface area (Å²) in [5, 5.41) is 3.01. The van der Waals surface area contributed by atoms with E-state index in [1.165, 1.54) is 0 Å². The Balaban J connectivity index is 1.71. The minimum absolute atomic E-state index is 0.00156. The third-order valence-electron chi connectivity index (χ3n) is 5.98. The molecule has 0 unspecified atom stereocenters. The molecule has 0 saturated carbocycles. The number of likely N-dealkylation sites (tertiary alicyclic amines) is 1. The quantitative estimate of drug-likeness (QED) is 0.870. The second-order valence-electron chi connectivity index (χ2n) is 8.83. The predicted octanol–water partition coefficient (Wildman–Crippen LogP) is 3.12. The van der Waals surface area contributed by atoms with Crippen LogP contribution in [0.2, 0.25) is 0 Å². The molecule has 154 valence electrons. The van der Waals surface area contributed by atoms with Crippen LogP contribution in [0.5, 0.6) is 0 Å². The SMILES string of the molecule is CC(C)NC(=O)N1C[C@@H]2C[C@H](C1)c1c(-c3ccc(N(C)C)cc3)ccc(=O)n1C2. The Bertz CT molecular complexity index is 962. The van der Waals surface area contributed by atoms with E-state index in [1.807, 2.05) is 43.5 Å². The van der Waals surface area contributed by atoms with Crippen molar-refractivity contribution in [2.24, 2.45) is 5.92 Å². The summed E-state index contributed by atoms with van der Waals surface area (Å²) in [6.07, 6.45) is 1.03. The van der Waals surface area contributed by atoms with Crippen molar-refractivity contribution >= 4 is 11.7 Å². The van der Waals surface area contributed by atoms with Gasteiger partial charge in [-0.1, -0.05) is 12.1 Å². The molecule has 0 spiro atoms. The lowest BCUT2D eigenvalue weighted by Crippen LogP contribution is -2.53. The van der Waals surface area contributed by atoms with Crippen molar-refractivity contribution in [3.63, 3.8) is 0 Å². The second kappa shape index (κ2) is 7.58. The van der Waals surface area contributed by atoms with Gasteiger partial charge in [0.1, 0.15) is 0 Å². The Morgan fingerprint density at radius 1 is 1.07 bits per heavy atom. The Labute approximate surface area is 172 Å². The average molecular weight is 395 g/mol. The lowest BCUT2D eigenvalue weighted by atomic mass is 9.80. The number of fused-ring (bicyclic) bond motifs is 4. The first-order valence-corrected chi connectivity index (χ1v) is 10.4. The number of pyridine rings is 1. The topological polar surface area (TPSA) is 57.6 Å². The number of hydrogen-bond acceptors (Lipinski definition) is 3. The lowest BCUT2D eigenvalue weighted by molar-refractivity contribution is 0.130. The number of nitrogens with zero attached hydrogens (tertiary/aromatic N) is 3. The fraction of sp³-hybridized carbons (Fsp3) is 0.478. The predicted molar refractivity (Wildman–Crippen MR) is 117 cm³/mol. The van der Waals surface area contributed by atoms with Crippen molar-refractivity contribution in [1.82, 2.24) is 14.8 Å². The number of anilines is 1. The van der Waals surface area contributed by atoms with Crippen LogP contribution in [0.15, 0.2) is 41.2 Å². The van der Waals surface area contributed by atoms with Crippen molar-refractivity contribution in [1.29, 1.82) is 0 Å². The van der Waals surface area contributed by atoms with Gasteiger partial charge < -0.3 is 19.7 Å². The third-order valence-corrected chi connectivity index (χ3v) is 5.98. The van der Waals surface area contributed by atoms with Gasteiger partial charge in [0.05, 0.1) is 0 Å². The molecule has 1 aromatic carbocycles. The van der Waals surface area contributed by atoms with E-state index in [9.17, 15) is 9.59 Å². The smallest absolute Gasteiger partial charge is 0.317 e. The summed E-state index contributed by atoms with van der Waals surface area (Å²) in [5.74, 6) is 0.501. The van der Waals surface area contributed by atoms with Gasteiger partial charge in [-0.2, -0.15) is 0 Å². The van der Waals surface area contributed by atoms with Gasteiger partial charge in [-0.05, 0) is 49.9 Å². The van der Waals surface area contributed by atoms with Gasteiger partial charge in [0, 0.05) is 68.7 Å². The summed E-state index contributed by atoms with van der Waals surface area (Å²) in [6, 6.07) is 12.2. The molecular formula is C23H30N4O2. The average Bonchev–Trinajstić information content (AvgIpc) is 2.68. The minimum atomic E-state index is -0.00156. The van der Waals surface area contributed by atoms with Crippen LogP contribution >= 0.6 is 0 Å². The largest absolute Gasteiger partial charge is 0.378 e. The van der Waals surface area contributed by atoms with Crippen LogP contribution in [0.3, 0.4) is 0 Å². The third kappa shape index (κ3) is 3.76. The summed E-state index contributed by atoms with van der Waals surface area (Å²) in [6.45, 7) is 6.00. The molecule has 6 heteroatoms. The van der Waals surface area contributed by atoms with Gasteiger partial charge in [0.15, 0.2) is 0 Å². The van der Waals surface area contributed by atoms with Crippen LogP contribution in [0, 0.1) is 5.92 Å². The first-order chi connectivity index (χ1) is 13.8. The van der Waals surface area contributed by atoms with E-state index >= 15 is 0 Å². The van der Waals surface area contributed by atoms with Crippen molar-refractivity contribution in [3.8, 4) is 11.1 Å². The molecule has 2 amide bonds. The zero-order chi connectivity index (χ0) is 20.7. The Hall–Kier alpha value is -2.76. The summed E-state index contributed by atoms with van der Waals surface area (Å²) in [4.78, 5) is 29.3. The Morgan fingerprint density at radius 3 is 2.45 bits per heavy atom. The molecule has 2 aliphatic rings. The number of hydrogen-bond donors (Lipinski definition) is 1. The van der Waals surface area contributed by atoms with Gasteiger partial charge in [0.25, 0.3) is 5.56 Å². The van der Waals surface area contributed by atoms with E-state index in [4.69, 9.17) is 0 Å². The molecule has 4 rings (SSSR count). The van der Waals surface area contributed by atoms with E-state index in [-0.39, 0.29) is 23.6 Å². The molecule has 0 radical (unpaired) electrons. The van der Waals surface area contributed by atoms with E-state index < -0.39 is 0 Å². The molecule has 1 aromatic heterocycles. The minimum Gasteiger partial charge on any atom is -0.378 e. The van der Waals surface area contributed by atoms with E-state index in [2.05, 4.69) is 34.5 Å². The van der Waals surface area contributed by atoms with Crippen LogP contribution in [-0.2, 0) is 6.54 Å². The molecule has 2 aromatic rings. The number of piperidine rings is 1. The maximum atomic E-state index is 12.6. The van der Waals surface area contributed by atoms with Gasteiger partial charge in [-0.3, -0.25) is 4.79 Å². The van der Waals surface area contributed by atoms with Gasteiger partial charge in [-0.15, -0.1) is 0 Å². The zero-order valence-corrected chi connectivity index (χ0v) is 17.7. The number of carbonyl (C=O) groups is 1. The number of benzene rings is 1. The number of carbonyl (C=O) groups excluding carboxylic acids is 1. The Morgan fingerprint density at radius 2 is 1.79 bits per heavy atom. The number of aromatic nitrogens is 1. The number of nitrogens with one attached hydrogen (secondary N) is 1. The van der Waals surface area contributed by atoms with Crippen LogP contribution < -0.4 is 15.8 Å². The van der Waals surface area contributed by atoms with Gasteiger partial charge in [0.2, 0.25) is 0 Å². The van der Waals surface area contributed by atoms with Crippen LogP contribution in [0.25, 0.3) is 11.1 Å². The highest BCUT2D eigenvalue weighted by molar-refractivity contribution is 5.75. The molecule has 2 bridgehead atoms. The molecule has 1 N–H and O–H groups in total. The van der Waals surface area contributed by atoms with Crippen molar-refractivity contribution in [2.45, 2.75) is 38.8 Å². The highest BCUT2D eigenvalue weighted by Gasteiger charge is 2.37. The normalized spacial score (nSPS) is 20.4. The molecule has 29 heavy (non-hydrogen) atoms. The molecular weight excluding hydrogens is 364 g/mol. The van der Waals surface area contributed by atoms with Crippen molar-refractivity contribution in [2.75, 3.05) is 32.1 Å². The summed E-state index contributed by atoms with van der Waals surface area (Å²) in [5.41, 5.74) is 4.49.